The summed E-state index contributed by atoms with van der Waals surface area (Å²) < 4.78 is 26.6. The van der Waals surface area contributed by atoms with Crippen LogP contribution in [0.25, 0.3) is 0 Å². The van der Waals surface area contributed by atoms with Crippen molar-refractivity contribution in [2.75, 3.05) is 6.61 Å². The molecular formula is C14H18F2O. The molecule has 1 fully saturated rings. The Kier molecular flexibility index (Phi) is 4.11. The van der Waals surface area contributed by atoms with Crippen molar-refractivity contribution in [3.63, 3.8) is 0 Å². The monoisotopic (exact) mass is 240 g/mol. The number of aliphatic hydroxyl groups excluding tert-OH is 1. The Morgan fingerprint density at radius 1 is 1.24 bits per heavy atom. The molecule has 0 heterocycles. The van der Waals surface area contributed by atoms with Gasteiger partial charge < -0.3 is 5.11 Å². The second-order valence-electron chi connectivity index (χ2n) is 4.93. The molecule has 3 heteroatoms. The van der Waals surface area contributed by atoms with Crippen LogP contribution in [0.2, 0.25) is 0 Å². The molecule has 0 radical (unpaired) electrons. The lowest BCUT2D eigenvalue weighted by molar-refractivity contribution is 0.174. The summed E-state index contributed by atoms with van der Waals surface area (Å²) in [6.07, 6.45) is 5.01. The predicted molar refractivity (Wildman–Crippen MR) is 62.6 cm³/mol. The van der Waals surface area contributed by atoms with Crippen LogP contribution in [-0.4, -0.2) is 11.7 Å². The molecular weight excluding hydrogens is 222 g/mol. The van der Waals surface area contributed by atoms with E-state index in [0.717, 1.165) is 25.0 Å². The van der Waals surface area contributed by atoms with E-state index < -0.39 is 5.82 Å². The van der Waals surface area contributed by atoms with Gasteiger partial charge in [-0.3, -0.25) is 0 Å². The van der Waals surface area contributed by atoms with Crippen molar-refractivity contribution in [3.05, 3.63) is 35.4 Å². The summed E-state index contributed by atoms with van der Waals surface area (Å²) in [7, 11) is 0. The van der Waals surface area contributed by atoms with Crippen LogP contribution in [-0.2, 0) is 6.42 Å². The van der Waals surface area contributed by atoms with E-state index in [1.807, 2.05) is 0 Å². The van der Waals surface area contributed by atoms with Gasteiger partial charge in [-0.15, -0.1) is 0 Å². The number of rotatable bonds is 4. The van der Waals surface area contributed by atoms with Crippen LogP contribution in [0, 0.1) is 23.5 Å². The van der Waals surface area contributed by atoms with E-state index in [1.54, 1.807) is 0 Å². The first-order chi connectivity index (χ1) is 8.20. The lowest BCUT2D eigenvalue weighted by Crippen LogP contribution is -2.19. The van der Waals surface area contributed by atoms with Crippen molar-refractivity contribution in [3.8, 4) is 0 Å². The van der Waals surface area contributed by atoms with Gasteiger partial charge in [0.15, 0.2) is 0 Å². The van der Waals surface area contributed by atoms with E-state index in [9.17, 15) is 13.9 Å². The van der Waals surface area contributed by atoms with Crippen LogP contribution in [0.3, 0.4) is 0 Å². The molecule has 1 aliphatic rings. The van der Waals surface area contributed by atoms with Crippen molar-refractivity contribution in [1.29, 1.82) is 0 Å². The Labute approximate surface area is 100 Å². The van der Waals surface area contributed by atoms with Crippen LogP contribution in [0.1, 0.15) is 31.2 Å². The van der Waals surface area contributed by atoms with Crippen molar-refractivity contribution in [1.82, 2.24) is 0 Å². The molecule has 1 aromatic carbocycles. The fourth-order valence-electron chi connectivity index (χ4n) is 2.79. The van der Waals surface area contributed by atoms with E-state index in [2.05, 4.69) is 0 Å². The average Bonchev–Trinajstić information content (AvgIpc) is 2.84. The maximum Gasteiger partial charge on any atom is 0.126 e. The minimum Gasteiger partial charge on any atom is -0.396 e. The lowest BCUT2D eigenvalue weighted by atomic mass is 9.86. The SMILES string of the molecule is OCC(Cc1cc(F)ccc1F)C1CCCC1. The molecule has 94 valence electrons. The molecule has 0 saturated heterocycles. The fraction of sp³-hybridized carbons (Fsp3) is 0.571. The van der Waals surface area contributed by atoms with Gasteiger partial charge in [-0.1, -0.05) is 25.7 Å². The number of aliphatic hydroxyl groups is 1. The molecule has 1 aliphatic carbocycles. The van der Waals surface area contributed by atoms with Gasteiger partial charge in [-0.2, -0.15) is 0 Å². The third-order valence-electron chi connectivity index (χ3n) is 3.79. The maximum absolute atomic E-state index is 13.5. The van der Waals surface area contributed by atoms with Gasteiger partial charge >= 0.3 is 0 Å². The van der Waals surface area contributed by atoms with Crippen LogP contribution < -0.4 is 0 Å². The standard InChI is InChI=1S/C14H18F2O/c15-13-5-6-14(16)11(8-13)7-12(9-17)10-3-1-2-4-10/h5-6,8,10,12,17H,1-4,7,9H2. The Bertz CT molecular complexity index is 372. The Hall–Kier alpha value is -0.960. The van der Waals surface area contributed by atoms with E-state index in [-0.39, 0.29) is 18.3 Å². The number of hydrogen-bond acceptors (Lipinski definition) is 1. The first-order valence-electron chi connectivity index (χ1n) is 6.25. The van der Waals surface area contributed by atoms with Gasteiger partial charge in [-0.05, 0) is 42.0 Å². The first kappa shape index (κ1) is 12.5. The summed E-state index contributed by atoms with van der Waals surface area (Å²) in [4.78, 5) is 0. The molecule has 0 aromatic heterocycles. The minimum atomic E-state index is -0.412. The van der Waals surface area contributed by atoms with Crippen molar-refractivity contribution in [2.24, 2.45) is 11.8 Å². The van der Waals surface area contributed by atoms with E-state index in [1.165, 1.54) is 18.9 Å². The normalized spacial score (nSPS) is 18.5. The second kappa shape index (κ2) is 5.58. The van der Waals surface area contributed by atoms with Gasteiger partial charge in [0.05, 0.1) is 0 Å². The van der Waals surface area contributed by atoms with Crippen LogP contribution in [0.15, 0.2) is 18.2 Å². The molecule has 2 rings (SSSR count). The summed E-state index contributed by atoms with van der Waals surface area (Å²) in [6.45, 7) is 0.0562. The highest BCUT2D eigenvalue weighted by Crippen LogP contribution is 2.33. The van der Waals surface area contributed by atoms with Gasteiger partial charge in [0, 0.05) is 6.61 Å². The summed E-state index contributed by atoms with van der Waals surface area (Å²) in [6, 6.07) is 3.53. The van der Waals surface area contributed by atoms with Gasteiger partial charge in [0.2, 0.25) is 0 Å². The highest BCUT2D eigenvalue weighted by molar-refractivity contribution is 5.19. The third-order valence-corrected chi connectivity index (χ3v) is 3.79. The first-order valence-corrected chi connectivity index (χ1v) is 6.25. The maximum atomic E-state index is 13.5. The molecule has 1 atom stereocenters. The van der Waals surface area contributed by atoms with E-state index in [4.69, 9.17) is 0 Å². The third kappa shape index (κ3) is 3.03. The van der Waals surface area contributed by atoms with Gasteiger partial charge in [0.25, 0.3) is 0 Å². The quantitative estimate of drug-likeness (QED) is 0.856. The zero-order valence-electron chi connectivity index (χ0n) is 9.83. The Balaban J connectivity index is 2.09. The Morgan fingerprint density at radius 2 is 1.94 bits per heavy atom. The van der Waals surface area contributed by atoms with Crippen molar-refractivity contribution >= 4 is 0 Å². The highest BCUT2D eigenvalue weighted by atomic mass is 19.1. The van der Waals surface area contributed by atoms with E-state index in [0.29, 0.717) is 17.9 Å². The molecule has 0 bridgehead atoms. The molecule has 1 nitrogen and oxygen atoms in total. The summed E-state index contributed by atoms with van der Waals surface area (Å²) in [5.74, 6) is -0.260. The topological polar surface area (TPSA) is 20.2 Å². The molecule has 1 unspecified atom stereocenters. The molecule has 1 saturated carbocycles. The molecule has 1 aromatic rings. The molecule has 0 aliphatic heterocycles. The summed E-state index contributed by atoms with van der Waals surface area (Å²) in [5.41, 5.74) is 0.385. The second-order valence-corrected chi connectivity index (χ2v) is 4.93. The number of benzene rings is 1. The van der Waals surface area contributed by atoms with Crippen LogP contribution in [0.5, 0.6) is 0 Å². The summed E-state index contributed by atoms with van der Waals surface area (Å²) in [5, 5.41) is 9.39. The number of halogens is 2. The highest BCUT2D eigenvalue weighted by Gasteiger charge is 2.25. The predicted octanol–water partition coefficient (Wildman–Crippen LogP) is 3.31. The summed E-state index contributed by atoms with van der Waals surface area (Å²) >= 11 is 0. The van der Waals surface area contributed by atoms with Crippen LogP contribution >= 0.6 is 0 Å². The van der Waals surface area contributed by atoms with Crippen molar-refractivity contribution in [2.45, 2.75) is 32.1 Å². The zero-order valence-corrected chi connectivity index (χ0v) is 9.83. The lowest BCUT2D eigenvalue weighted by Gasteiger charge is -2.21. The average molecular weight is 240 g/mol. The smallest absolute Gasteiger partial charge is 0.126 e. The molecule has 0 spiro atoms. The molecule has 1 N–H and O–H groups in total. The van der Waals surface area contributed by atoms with Gasteiger partial charge in [0.1, 0.15) is 11.6 Å². The van der Waals surface area contributed by atoms with E-state index >= 15 is 0 Å². The fourth-order valence-corrected chi connectivity index (χ4v) is 2.79. The molecule has 17 heavy (non-hydrogen) atoms. The van der Waals surface area contributed by atoms with Gasteiger partial charge in [-0.25, -0.2) is 8.78 Å². The minimum absolute atomic E-state index is 0.0562. The number of hydrogen-bond donors (Lipinski definition) is 1. The Morgan fingerprint density at radius 3 is 2.59 bits per heavy atom. The van der Waals surface area contributed by atoms with Crippen molar-refractivity contribution < 1.29 is 13.9 Å². The molecule has 0 amide bonds. The largest absolute Gasteiger partial charge is 0.396 e. The zero-order chi connectivity index (χ0) is 12.3. The van der Waals surface area contributed by atoms with Crippen LogP contribution in [0.4, 0.5) is 8.78 Å².